The van der Waals surface area contributed by atoms with Gasteiger partial charge in [0.25, 0.3) is 0 Å². The largest absolute Gasteiger partial charge is 0.289 e. The SMILES string of the molecule is Cn1cc(-c2cnc3ccc4ccc(CS(=O)(=O)NCc5cnc6c(c5)CCC6)cc4c(=O)c3c2)cn1. The van der Waals surface area contributed by atoms with Gasteiger partial charge in [0, 0.05) is 59.8 Å². The second-order valence-corrected chi connectivity index (χ2v) is 11.3. The van der Waals surface area contributed by atoms with Crippen LogP contribution in [0, 0.1) is 0 Å². The van der Waals surface area contributed by atoms with Crippen molar-refractivity contribution in [3.63, 3.8) is 0 Å². The molecular weight excluding hydrogens is 486 g/mol. The molecule has 0 fully saturated rings. The quantitative estimate of drug-likeness (QED) is 0.373. The van der Waals surface area contributed by atoms with Gasteiger partial charge in [-0.15, -0.1) is 0 Å². The lowest BCUT2D eigenvalue weighted by Crippen LogP contribution is -2.25. The lowest BCUT2D eigenvalue weighted by atomic mass is 10.1. The smallest absolute Gasteiger partial charge is 0.216 e. The Morgan fingerprint density at radius 1 is 0.919 bits per heavy atom. The number of hydrogen-bond acceptors (Lipinski definition) is 6. The number of aromatic nitrogens is 4. The number of pyridine rings is 2. The molecule has 2 aromatic carbocycles. The van der Waals surface area contributed by atoms with Gasteiger partial charge in [0.15, 0.2) is 5.43 Å². The number of aryl methyl sites for hydroxylation is 3. The molecule has 1 N–H and O–H groups in total. The Kier molecular flexibility index (Phi) is 5.81. The number of fused-ring (bicyclic) bond motifs is 3. The summed E-state index contributed by atoms with van der Waals surface area (Å²) in [5.74, 6) is -0.226. The fourth-order valence-corrected chi connectivity index (χ4v) is 6.01. The number of rotatable bonds is 6. The van der Waals surface area contributed by atoms with E-state index in [1.165, 1.54) is 5.56 Å². The van der Waals surface area contributed by atoms with Crippen molar-refractivity contribution in [2.24, 2.45) is 7.05 Å². The summed E-state index contributed by atoms with van der Waals surface area (Å²) in [6.45, 7) is 0.186. The van der Waals surface area contributed by atoms with Gasteiger partial charge < -0.3 is 0 Å². The Bertz CT molecular complexity index is 1850. The highest BCUT2D eigenvalue weighted by atomic mass is 32.2. The fraction of sp³-hybridized carbons (Fsp3) is 0.214. The molecular formula is C28H25N5O3S. The van der Waals surface area contributed by atoms with Crippen LogP contribution in [0.3, 0.4) is 0 Å². The van der Waals surface area contributed by atoms with Crippen molar-refractivity contribution in [2.45, 2.75) is 31.6 Å². The van der Waals surface area contributed by atoms with Crippen molar-refractivity contribution >= 4 is 31.7 Å². The van der Waals surface area contributed by atoms with E-state index in [4.69, 9.17) is 0 Å². The summed E-state index contributed by atoms with van der Waals surface area (Å²) >= 11 is 0. The lowest BCUT2D eigenvalue weighted by molar-refractivity contribution is 0.580. The van der Waals surface area contributed by atoms with Crippen molar-refractivity contribution in [3.05, 3.63) is 99.9 Å². The van der Waals surface area contributed by atoms with Crippen LogP contribution in [0.1, 0.15) is 28.8 Å². The van der Waals surface area contributed by atoms with Gasteiger partial charge in [-0.3, -0.25) is 19.4 Å². The molecule has 37 heavy (non-hydrogen) atoms. The van der Waals surface area contributed by atoms with Crippen molar-refractivity contribution in [2.75, 3.05) is 0 Å². The summed E-state index contributed by atoms with van der Waals surface area (Å²) in [6.07, 6.45) is 10.1. The first-order valence-corrected chi connectivity index (χ1v) is 13.8. The van der Waals surface area contributed by atoms with E-state index in [1.54, 1.807) is 41.5 Å². The first kappa shape index (κ1) is 23.4. The molecule has 1 aliphatic carbocycles. The molecule has 1 aliphatic rings. The van der Waals surface area contributed by atoms with Crippen LogP contribution >= 0.6 is 0 Å². The summed E-state index contributed by atoms with van der Waals surface area (Å²) in [7, 11) is -1.80. The van der Waals surface area contributed by atoms with Crippen molar-refractivity contribution < 1.29 is 8.42 Å². The number of benzene rings is 1. The van der Waals surface area contributed by atoms with Crippen LogP contribution in [0.5, 0.6) is 0 Å². The third-order valence-corrected chi connectivity index (χ3v) is 8.11. The van der Waals surface area contributed by atoms with Gasteiger partial charge in [-0.1, -0.05) is 24.3 Å². The summed E-state index contributed by atoms with van der Waals surface area (Å²) < 4.78 is 30.1. The topological polar surface area (TPSA) is 107 Å². The van der Waals surface area contributed by atoms with E-state index in [0.29, 0.717) is 21.9 Å². The van der Waals surface area contributed by atoms with Gasteiger partial charge in [0.1, 0.15) is 0 Å². The zero-order valence-electron chi connectivity index (χ0n) is 20.3. The molecule has 0 amide bonds. The lowest BCUT2D eigenvalue weighted by Gasteiger charge is -2.08. The average Bonchev–Trinajstić information content (AvgIpc) is 3.51. The predicted octanol–water partition coefficient (Wildman–Crippen LogP) is 3.65. The monoisotopic (exact) mass is 511 g/mol. The maximum Gasteiger partial charge on any atom is 0.216 e. The second kappa shape index (κ2) is 9.17. The first-order chi connectivity index (χ1) is 17.8. The highest BCUT2D eigenvalue weighted by molar-refractivity contribution is 7.88. The van der Waals surface area contributed by atoms with E-state index in [0.717, 1.165) is 47.0 Å². The Morgan fingerprint density at radius 3 is 2.62 bits per heavy atom. The third kappa shape index (κ3) is 4.75. The fourth-order valence-electron chi connectivity index (χ4n) is 4.90. The minimum atomic E-state index is -3.63. The van der Waals surface area contributed by atoms with Crippen molar-refractivity contribution in [3.8, 4) is 11.1 Å². The van der Waals surface area contributed by atoms with Gasteiger partial charge in [-0.05, 0) is 59.5 Å². The molecule has 0 radical (unpaired) electrons. The van der Waals surface area contributed by atoms with Crippen LogP contribution in [0.2, 0.25) is 0 Å². The van der Waals surface area contributed by atoms with Crippen LogP contribution in [0.4, 0.5) is 0 Å². The molecule has 0 saturated carbocycles. The molecule has 0 unspecified atom stereocenters. The maximum atomic E-state index is 13.6. The highest BCUT2D eigenvalue weighted by Gasteiger charge is 2.16. The van der Waals surface area contributed by atoms with E-state index in [-0.39, 0.29) is 17.7 Å². The Morgan fingerprint density at radius 2 is 1.78 bits per heavy atom. The Balaban J connectivity index is 1.30. The zero-order valence-corrected chi connectivity index (χ0v) is 21.1. The summed E-state index contributed by atoms with van der Waals surface area (Å²) in [6, 6.07) is 12.7. The van der Waals surface area contributed by atoms with Gasteiger partial charge in [0.05, 0.1) is 17.5 Å². The third-order valence-electron chi connectivity index (χ3n) is 6.81. The molecule has 3 aromatic heterocycles. The summed E-state index contributed by atoms with van der Waals surface area (Å²) in [5, 5.41) is 5.85. The van der Waals surface area contributed by atoms with Crippen LogP contribution < -0.4 is 10.2 Å². The van der Waals surface area contributed by atoms with Crippen molar-refractivity contribution in [1.29, 1.82) is 0 Å². The van der Waals surface area contributed by atoms with E-state index >= 15 is 0 Å². The second-order valence-electron chi connectivity index (χ2n) is 9.53. The van der Waals surface area contributed by atoms with Crippen LogP contribution in [-0.4, -0.2) is 28.2 Å². The van der Waals surface area contributed by atoms with E-state index in [9.17, 15) is 13.2 Å². The number of nitrogens with one attached hydrogen (secondary N) is 1. The molecule has 0 aliphatic heterocycles. The summed E-state index contributed by atoms with van der Waals surface area (Å²) in [4.78, 5) is 22.5. The van der Waals surface area contributed by atoms with Gasteiger partial charge in [-0.2, -0.15) is 5.10 Å². The van der Waals surface area contributed by atoms with E-state index < -0.39 is 10.0 Å². The Hall–Kier alpha value is -3.95. The molecule has 6 rings (SSSR count). The van der Waals surface area contributed by atoms with Gasteiger partial charge in [-0.25, -0.2) is 13.1 Å². The predicted molar refractivity (Wildman–Crippen MR) is 143 cm³/mol. The summed E-state index contributed by atoms with van der Waals surface area (Å²) in [5.41, 5.74) is 5.75. The van der Waals surface area contributed by atoms with Crippen LogP contribution in [-0.2, 0) is 42.2 Å². The molecule has 186 valence electrons. The molecule has 9 heteroatoms. The van der Waals surface area contributed by atoms with Crippen LogP contribution in [0.25, 0.3) is 32.8 Å². The van der Waals surface area contributed by atoms with E-state index in [1.807, 2.05) is 37.5 Å². The van der Waals surface area contributed by atoms with Crippen molar-refractivity contribution in [1.82, 2.24) is 24.5 Å². The molecule has 8 nitrogen and oxygen atoms in total. The molecule has 0 atom stereocenters. The van der Waals surface area contributed by atoms with Crippen LogP contribution in [0.15, 0.2) is 72.0 Å². The number of nitrogens with zero attached hydrogens (tertiary/aromatic N) is 4. The number of sulfonamides is 1. The first-order valence-electron chi connectivity index (χ1n) is 12.1. The number of hydrogen-bond donors (Lipinski definition) is 1. The normalized spacial score (nSPS) is 13.3. The standard InChI is InChI=1S/C28H25N5O3S/c1-33-16-23(15-31-33)22-11-25-27(30-14-22)8-7-20-6-5-18(10-24(20)28(25)34)17-37(35,36)32-13-19-9-21-3-2-4-26(21)29-12-19/h5-12,14-16,32H,2-4,13,17H2,1H3. The highest BCUT2D eigenvalue weighted by Crippen LogP contribution is 2.23. The molecule has 3 heterocycles. The Labute approximate surface area is 214 Å². The minimum Gasteiger partial charge on any atom is -0.289 e. The molecule has 0 spiro atoms. The zero-order chi connectivity index (χ0) is 25.6. The average molecular weight is 512 g/mol. The minimum absolute atomic E-state index is 0.186. The van der Waals surface area contributed by atoms with E-state index in [2.05, 4.69) is 19.8 Å². The molecule has 0 saturated heterocycles. The van der Waals surface area contributed by atoms with Gasteiger partial charge in [0.2, 0.25) is 10.0 Å². The molecule has 0 bridgehead atoms. The maximum absolute atomic E-state index is 13.6. The molecule has 5 aromatic rings. The van der Waals surface area contributed by atoms with Gasteiger partial charge >= 0.3 is 0 Å².